The highest BCUT2D eigenvalue weighted by Gasteiger charge is 2.06. The molecule has 94 valence electrons. The molecule has 4 nitrogen and oxygen atoms in total. The van der Waals surface area contributed by atoms with Gasteiger partial charge in [-0.2, -0.15) is 0 Å². The van der Waals surface area contributed by atoms with Gasteiger partial charge in [0.15, 0.2) is 0 Å². The van der Waals surface area contributed by atoms with E-state index >= 15 is 0 Å². The second-order valence-corrected chi connectivity index (χ2v) is 4.62. The number of aryl methyl sites for hydroxylation is 1. The maximum Gasteiger partial charge on any atom is 0.303 e. The first kappa shape index (κ1) is 12.6. The third-order valence-corrected chi connectivity index (χ3v) is 3.42. The van der Waals surface area contributed by atoms with E-state index in [9.17, 15) is 4.79 Å². The van der Waals surface area contributed by atoms with Gasteiger partial charge in [-0.15, -0.1) is 11.3 Å². The van der Waals surface area contributed by atoms with Gasteiger partial charge in [0, 0.05) is 17.4 Å². The lowest BCUT2D eigenvalue weighted by Crippen LogP contribution is -1.97. The number of hydrogen-bond acceptors (Lipinski definition) is 4. The summed E-state index contributed by atoms with van der Waals surface area (Å²) in [6.07, 6.45) is 0.591. The highest BCUT2D eigenvalue weighted by atomic mass is 32.1. The average Bonchev–Trinajstić information content (AvgIpc) is 2.85. The van der Waals surface area contributed by atoms with Gasteiger partial charge in [-0.3, -0.25) is 4.79 Å². The van der Waals surface area contributed by atoms with E-state index in [4.69, 9.17) is 9.84 Å². The normalized spacial score (nSPS) is 10.3. The highest BCUT2D eigenvalue weighted by molar-refractivity contribution is 7.13. The lowest BCUT2D eigenvalue weighted by molar-refractivity contribution is -0.136. The molecule has 2 rings (SSSR count). The Morgan fingerprint density at radius 3 is 2.72 bits per heavy atom. The van der Waals surface area contributed by atoms with Crippen molar-refractivity contribution in [2.75, 3.05) is 7.11 Å². The van der Waals surface area contributed by atoms with Crippen molar-refractivity contribution in [2.45, 2.75) is 12.8 Å². The van der Waals surface area contributed by atoms with E-state index in [1.165, 1.54) is 11.3 Å². The van der Waals surface area contributed by atoms with Crippen LogP contribution < -0.4 is 4.74 Å². The predicted octanol–water partition coefficient (Wildman–Crippen LogP) is 2.84. The molecule has 0 radical (unpaired) electrons. The summed E-state index contributed by atoms with van der Waals surface area (Å²) < 4.78 is 5.09. The van der Waals surface area contributed by atoms with Crippen molar-refractivity contribution >= 4 is 17.3 Å². The van der Waals surface area contributed by atoms with Crippen molar-refractivity contribution < 1.29 is 14.6 Å². The molecule has 0 fully saturated rings. The Bertz CT molecular complexity index is 533. The molecule has 0 spiro atoms. The first-order valence-corrected chi connectivity index (χ1v) is 6.37. The Kier molecular flexibility index (Phi) is 3.94. The molecular formula is C13H13NO3S. The molecule has 0 unspecified atom stereocenters. The zero-order chi connectivity index (χ0) is 13.0. The van der Waals surface area contributed by atoms with Crippen molar-refractivity contribution in [1.29, 1.82) is 0 Å². The Hall–Kier alpha value is -1.88. The number of hydrogen-bond donors (Lipinski definition) is 1. The number of benzene rings is 1. The van der Waals surface area contributed by atoms with Crippen LogP contribution in [0.5, 0.6) is 5.75 Å². The number of thiazole rings is 1. The summed E-state index contributed by atoms with van der Waals surface area (Å²) in [4.78, 5) is 14.9. The number of aromatic nitrogens is 1. The molecule has 0 aliphatic rings. The molecule has 1 aromatic carbocycles. The Balaban J connectivity index is 2.10. The van der Waals surface area contributed by atoms with Crippen molar-refractivity contribution in [1.82, 2.24) is 4.98 Å². The van der Waals surface area contributed by atoms with Crippen LogP contribution in [0.3, 0.4) is 0 Å². The smallest absolute Gasteiger partial charge is 0.303 e. The zero-order valence-electron chi connectivity index (χ0n) is 9.92. The second-order valence-electron chi connectivity index (χ2n) is 3.77. The van der Waals surface area contributed by atoms with Crippen molar-refractivity contribution in [2.24, 2.45) is 0 Å². The molecule has 0 amide bonds. The number of carboxylic acid groups (broad SMARTS) is 1. The van der Waals surface area contributed by atoms with E-state index < -0.39 is 5.97 Å². The molecule has 0 saturated heterocycles. The fourth-order valence-electron chi connectivity index (χ4n) is 1.52. The van der Waals surface area contributed by atoms with E-state index in [1.807, 2.05) is 29.6 Å². The molecule has 0 aliphatic carbocycles. The van der Waals surface area contributed by atoms with Crippen LogP contribution in [0.4, 0.5) is 0 Å². The van der Waals surface area contributed by atoms with Crippen molar-refractivity contribution in [3.8, 4) is 16.3 Å². The van der Waals surface area contributed by atoms with Crippen molar-refractivity contribution in [3.05, 3.63) is 35.3 Å². The van der Waals surface area contributed by atoms with Crippen LogP contribution in [0.25, 0.3) is 10.6 Å². The van der Waals surface area contributed by atoms with Crippen LogP contribution in [0.2, 0.25) is 0 Å². The summed E-state index contributed by atoms with van der Waals surface area (Å²) in [5, 5.41) is 11.4. The van der Waals surface area contributed by atoms with Gasteiger partial charge in [-0.1, -0.05) is 0 Å². The minimum Gasteiger partial charge on any atom is -0.497 e. The van der Waals surface area contributed by atoms with Gasteiger partial charge in [0.2, 0.25) is 0 Å². The maximum absolute atomic E-state index is 10.5. The van der Waals surface area contributed by atoms with Gasteiger partial charge in [0.25, 0.3) is 0 Å². The summed E-state index contributed by atoms with van der Waals surface area (Å²) in [6.45, 7) is 0. The van der Waals surface area contributed by atoms with E-state index in [0.29, 0.717) is 6.42 Å². The van der Waals surface area contributed by atoms with Crippen LogP contribution in [-0.4, -0.2) is 23.2 Å². The Morgan fingerprint density at radius 1 is 1.39 bits per heavy atom. The Morgan fingerprint density at radius 2 is 2.11 bits per heavy atom. The second kappa shape index (κ2) is 5.64. The number of carbonyl (C=O) groups is 1. The topological polar surface area (TPSA) is 59.4 Å². The minimum absolute atomic E-state index is 0.117. The SMILES string of the molecule is COc1ccc(-c2nc(CCC(=O)O)cs2)cc1. The molecule has 1 aromatic heterocycles. The first-order chi connectivity index (χ1) is 8.69. The molecule has 18 heavy (non-hydrogen) atoms. The standard InChI is InChI=1S/C13H13NO3S/c1-17-11-5-2-9(3-6-11)13-14-10(8-18-13)4-7-12(15)16/h2-3,5-6,8H,4,7H2,1H3,(H,15,16). The Labute approximate surface area is 109 Å². The summed E-state index contributed by atoms with van der Waals surface area (Å²) in [5.74, 6) is 0.00963. The number of ether oxygens (including phenoxy) is 1. The third-order valence-electron chi connectivity index (χ3n) is 2.48. The fourth-order valence-corrected chi connectivity index (χ4v) is 2.38. The summed E-state index contributed by atoms with van der Waals surface area (Å²) in [7, 11) is 1.63. The number of nitrogens with zero attached hydrogens (tertiary/aromatic N) is 1. The number of carboxylic acids is 1. The lowest BCUT2D eigenvalue weighted by atomic mass is 10.2. The fraction of sp³-hybridized carbons (Fsp3) is 0.231. The molecule has 2 aromatic rings. The van der Waals surface area contributed by atoms with Gasteiger partial charge < -0.3 is 9.84 Å². The quantitative estimate of drug-likeness (QED) is 0.901. The minimum atomic E-state index is -0.797. The van der Waals surface area contributed by atoms with Gasteiger partial charge in [0.1, 0.15) is 10.8 Å². The molecule has 0 aliphatic heterocycles. The van der Waals surface area contributed by atoms with Gasteiger partial charge in [-0.25, -0.2) is 4.98 Å². The van der Waals surface area contributed by atoms with Crippen LogP contribution in [0.15, 0.2) is 29.6 Å². The maximum atomic E-state index is 10.5. The molecular weight excluding hydrogens is 250 g/mol. The summed E-state index contributed by atoms with van der Waals surface area (Å²) in [5.41, 5.74) is 1.84. The molecule has 1 heterocycles. The van der Waals surface area contributed by atoms with E-state index in [0.717, 1.165) is 22.0 Å². The van der Waals surface area contributed by atoms with Crippen LogP contribution in [0, 0.1) is 0 Å². The average molecular weight is 263 g/mol. The molecule has 0 saturated carbocycles. The molecule has 1 N–H and O–H groups in total. The monoisotopic (exact) mass is 263 g/mol. The molecule has 0 atom stereocenters. The molecule has 5 heteroatoms. The van der Waals surface area contributed by atoms with Crippen molar-refractivity contribution in [3.63, 3.8) is 0 Å². The number of aliphatic carboxylic acids is 1. The van der Waals surface area contributed by atoms with Gasteiger partial charge >= 0.3 is 5.97 Å². The highest BCUT2D eigenvalue weighted by Crippen LogP contribution is 2.26. The third kappa shape index (κ3) is 3.07. The van der Waals surface area contributed by atoms with Crippen LogP contribution >= 0.6 is 11.3 Å². The number of methoxy groups -OCH3 is 1. The molecule has 0 bridgehead atoms. The van der Waals surface area contributed by atoms with Gasteiger partial charge in [-0.05, 0) is 24.3 Å². The van der Waals surface area contributed by atoms with E-state index in [-0.39, 0.29) is 6.42 Å². The number of rotatable bonds is 5. The lowest BCUT2D eigenvalue weighted by Gasteiger charge is -2.00. The summed E-state index contributed by atoms with van der Waals surface area (Å²) in [6, 6.07) is 7.65. The summed E-state index contributed by atoms with van der Waals surface area (Å²) >= 11 is 1.52. The largest absolute Gasteiger partial charge is 0.497 e. The van der Waals surface area contributed by atoms with E-state index in [2.05, 4.69) is 4.98 Å². The van der Waals surface area contributed by atoms with Crippen LogP contribution in [-0.2, 0) is 11.2 Å². The zero-order valence-corrected chi connectivity index (χ0v) is 10.7. The van der Waals surface area contributed by atoms with E-state index in [1.54, 1.807) is 7.11 Å². The van der Waals surface area contributed by atoms with Gasteiger partial charge in [0.05, 0.1) is 19.2 Å². The predicted molar refractivity (Wildman–Crippen MR) is 70.1 cm³/mol. The van der Waals surface area contributed by atoms with Crippen LogP contribution in [0.1, 0.15) is 12.1 Å². The first-order valence-electron chi connectivity index (χ1n) is 5.49.